The zero-order valence-corrected chi connectivity index (χ0v) is 13.9. The molecule has 3 nitrogen and oxygen atoms in total. The molecule has 0 spiro atoms. The van der Waals surface area contributed by atoms with Gasteiger partial charge in [0.2, 0.25) is 0 Å². The second-order valence-electron chi connectivity index (χ2n) is 6.52. The highest BCUT2D eigenvalue weighted by molar-refractivity contribution is 5.85. The van der Waals surface area contributed by atoms with Crippen molar-refractivity contribution in [2.75, 3.05) is 11.4 Å². The van der Waals surface area contributed by atoms with Crippen LogP contribution < -0.4 is 4.90 Å². The van der Waals surface area contributed by atoms with E-state index < -0.39 is 0 Å². The number of aromatic amines is 1. The maximum absolute atomic E-state index is 4.63. The van der Waals surface area contributed by atoms with Gasteiger partial charge in [-0.2, -0.15) is 0 Å². The molecule has 25 heavy (non-hydrogen) atoms. The van der Waals surface area contributed by atoms with E-state index in [2.05, 4.69) is 81.7 Å². The average Bonchev–Trinajstić information content (AvgIpc) is 3.11. The van der Waals surface area contributed by atoms with Crippen LogP contribution in [0, 0.1) is 0 Å². The maximum Gasteiger partial charge on any atom is 0.129 e. The largest absolute Gasteiger partial charge is 0.361 e. The van der Waals surface area contributed by atoms with Crippen molar-refractivity contribution in [2.45, 2.75) is 12.5 Å². The van der Waals surface area contributed by atoms with Crippen molar-refractivity contribution in [1.29, 1.82) is 0 Å². The van der Waals surface area contributed by atoms with E-state index in [-0.39, 0.29) is 6.04 Å². The molecular formula is C22H19N3. The lowest BCUT2D eigenvalue weighted by Crippen LogP contribution is -2.36. The van der Waals surface area contributed by atoms with Gasteiger partial charge < -0.3 is 9.88 Å². The first kappa shape index (κ1) is 14.3. The lowest BCUT2D eigenvalue weighted by atomic mass is 9.88. The summed E-state index contributed by atoms with van der Waals surface area (Å²) in [6.45, 7) is 0.970. The molecule has 1 N–H and O–H groups in total. The molecule has 1 aliphatic heterocycles. The van der Waals surface area contributed by atoms with Crippen molar-refractivity contribution in [2.24, 2.45) is 0 Å². The minimum atomic E-state index is 0.177. The molecular weight excluding hydrogens is 306 g/mol. The van der Waals surface area contributed by atoms with Crippen LogP contribution in [0.15, 0.2) is 79.1 Å². The zero-order chi connectivity index (χ0) is 16.6. The second-order valence-corrected chi connectivity index (χ2v) is 6.52. The van der Waals surface area contributed by atoms with Gasteiger partial charge in [-0.25, -0.2) is 4.98 Å². The number of hydrogen-bond acceptors (Lipinski definition) is 2. The molecule has 0 fully saturated rings. The van der Waals surface area contributed by atoms with Crippen LogP contribution in [0.2, 0.25) is 0 Å². The smallest absolute Gasteiger partial charge is 0.129 e. The Bertz CT molecular complexity index is 1020. The fourth-order valence-electron chi connectivity index (χ4n) is 3.99. The molecule has 0 amide bonds. The first-order valence-corrected chi connectivity index (χ1v) is 8.73. The van der Waals surface area contributed by atoms with Crippen molar-refractivity contribution < 1.29 is 0 Å². The summed E-state index contributed by atoms with van der Waals surface area (Å²) in [5, 5.41) is 1.28. The highest BCUT2D eigenvalue weighted by Crippen LogP contribution is 2.40. The molecule has 1 aliphatic rings. The predicted octanol–water partition coefficient (Wildman–Crippen LogP) is 4.72. The van der Waals surface area contributed by atoms with Crippen LogP contribution in [0.25, 0.3) is 10.9 Å². The quantitative estimate of drug-likeness (QED) is 0.578. The summed E-state index contributed by atoms with van der Waals surface area (Å²) in [5.74, 6) is 1.03. The maximum atomic E-state index is 4.63. The number of rotatable bonds is 2. The Balaban J connectivity index is 1.73. The van der Waals surface area contributed by atoms with Gasteiger partial charge in [0.15, 0.2) is 0 Å². The molecule has 2 aromatic heterocycles. The van der Waals surface area contributed by atoms with Gasteiger partial charge in [-0.15, -0.1) is 0 Å². The van der Waals surface area contributed by atoms with Crippen molar-refractivity contribution in [3.63, 3.8) is 0 Å². The lowest BCUT2D eigenvalue weighted by molar-refractivity contribution is 0.648. The SMILES string of the molecule is c1ccc(N2CCc3ccccc3C2c2c[nH]c3ccccc23)nc1. The molecule has 1 atom stereocenters. The number of pyridine rings is 1. The van der Waals surface area contributed by atoms with Crippen LogP contribution in [-0.2, 0) is 6.42 Å². The standard InChI is InChI=1S/C22H19N3/c1-2-8-17-16(7-1)12-14-25(21-11-5-6-13-23-21)22(17)19-15-24-20-10-4-3-9-18(19)20/h1-11,13,15,22,24H,12,14H2. The molecule has 0 aliphatic carbocycles. The zero-order valence-electron chi connectivity index (χ0n) is 13.9. The molecule has 0 saturated heterocycles. The molecule has 1 unspecified atom stereocenters. The van der Waals surface area contributed by atoms with Crippen LogP contribution in [0.1, 0.15) is 22.7 Å². The van der Waals surface area contributed by atoms with Crippen LogP contribution in [0.4, 0.5) is 5.82 Å². The monoisotopic (exact) mass is 325 g/mol. The third-order valence-electron chi connectivity index (χ3n) is 5.14. The fraction of sp³-hybridized carbons (Fsp3) is 0.136. The lowest BCUT2D eigenvalue weighted by Gasteiger charge is -2.38. The Labute approximate surface area is 147 Å². The van der Waals surface area contributed by atoms with E-state index in [0.29, 0.717) is 0 Å². The van der Waals surface area contributed by atoms with E-state index >= 15 is 0 Å². The predicted molar refractivity (Wildman–Crippen MR) is 102 cm³/mol. The molecule has 4 aromatic rings. The number of H-pyrrole nitrogens is 1. The number of nitrogens with one attached hydrogen (secondary N) is 1. The highest BCUT2D eigenvalue weighted by atomic mass is 15.2. The minimum Gasteiger partial charge on any atom is -0.361 e. The number of hydrogen-bond donors (Lipinski definition) is 1. The Morgan fingerprint density at radius 1 is 0.880 bits per heavy atom. The Hall–Kier alpha value is -3.07. The van der Waals surface area contributed by atoms with Gasteiger partial charge >= 0.3 is 0 Å². The van der Waals surface area contributed by atoms with Gasteiger partial charge in [-0.05, 0) is 35.7 Å². The van der Waals surface area contributed by atoms with Crippen molar-refractivity contribution >= 4 is 16.7 Å². The van der Waals surface area contributed by atoms with Gasteiger partial charge in [0.1, 0.15) is 5.82 Å². The van der Waals surface area contributed by atoms with Crippen molar-refractivity contribution in [3.8, 4) is 0 Å². The number of para-hydroxylation sites is 1. The summed E-state index contributed by atoms with van der Waals surface area (Å²) in [5.41, 5.74) is 5.31. The van der Waals surface area contributed by atoms with E-state index in [4.69, 9.17) is 0 Å². The number of benzene rings is 2. The summed E-state index contributed by atoms with van der Waals surface area (Å²) in [6.07, 6.45) is 5.08. The van der Waals surface area contributed by atoms with Crippen LogP contribution in [0.3, 0.4) is 0 Å². The topological polar surface area (TPSA) is 31.9 Å². The normalized spacial score (nSPS) is 16.8. The van der Waals surface area contributed by atoms with Crippen LogP contribution in [-0.4, -0.2) is 16.5 Å². The Kier molecular flexibility index (Phi) is 3.30. The van der Waals surface area contributed by atoms with Gasteiger partial charge in [-0.1, -0.05) is 48.5 Å². The number of fused-ring (bicyclic) bond motifs is 2. The molecule has 3 heterocycles. The molecule has 0 saturated carbocycles. The van der Waals surface area contributed by atoms with E-state index in [1.807, 2.05) is 12.3 Å². The van der Waals surface area contributed by atoms with Crippen molar-refractivity contribution in [1.82, 2.24) is 9.97 Å². The van der Waals surface area contributed by atoms with Gasteiger partial charge in [0, 0.05) is 35.4 Å². The van der Waals surface area contributed by atoms with E-state index in [1.165, 1.54) is 27.6 Å². The third kappa shape index (κ3) is 2.31. The first-order chi connectivity index (χ1) is 12.4. The molecule has 5 rings (SSSR count). The molecule has 122 valence electrons. The average molecular weight is 325 g/mol. The second kappa shape index (κ2) is 5.78. The summed E-state index contributed by atoms with van der Waals surface area (Å²) >= 11 is 0. The van der Waals surface area contributed by atoms with Crippen LogP contribution >= 0.6 is 0 Å². The summed E-state index contributed by atoms with van der Waals surface area (Å²) in [7, 11) is 0. The molecule has 3 heteroatoms. The third-order valence-corrected chi connectivity index (χ3v) is 5.14. The molecule has 0 bridgehead atoms. The number of aromatic nitrogens is 2. The fourth-order valence-corrected chi connectivity index (χ4v) is 3.99. The summed E-state index contributed by atoms with van der Waals surface area (Å²) < 4.78 is 0. The Morgan fingerprint density at radius 3 is 2.64 bits per heavy atom. The highest BCUT2D eigenvalue weighted by Gasteiger charge is 2.31. The van der Waals surface area contributed by atoms with E-state index in [1.54, 1.807) is 0 Å². The van der Waals surface area contributed by atoms with Crippen LogP contribution in [0.5, 0.6) is 0 Å². The number of nitrogens with zero attached hydrogens (tertiary/aromatic N) is 2. The van der Waals surface area contributed by atoms with Gasteiger partial charge in [-0.3, -0.25) is 0 Å². The van der Waals surface area contributed by atoms with E-state index in [9.17, 15) is 0 Å². The number of anilines is 1. The van der Waals surface area contributed by atoms with Gasteiger partial charge in [0.05, 0.1) is 6.04 Å². The molecule has 0 radical (unpaired) electrons. The van der Waals surface area contributed by atoms with Crippen molar-refractivity contribution in [3.05, 3.63) is 95.8 Å². The van der Waals surface area contributed by atoms with Gasteiger partial charge in [0.25, 0.3) is 0 Å². The Morgan fingerprint density at radius 2 is 1.72 bits per heavy atom. The summed E-state index contributed by atoms with van der Waals surface area (Å²) in [6, 6.07) is 23.7. The van der Waals surface area contributed by atoms with E-state index in [0.717, 1.165) is 18.8 Å². The summed E-state index contributed by atoms with van der Waals surface area (Å²) in [4.78, 5) is 10.5. The minimum absolute atomic E-state index is 0.177. The molecule has 2 aromatic carbocycles. The first-order valence-electron chi connectivity index (χ1n) is 8.73.